The van der Waals surface area contributed by atoms with Crippen molar-refractivity contribution in [2.24, 2.45) is 0 Å². The average Bonchev–Trinajstić information content (AvgIpc) is 3.49. The van der Waals surface area contributed by atoms with Crippen LogP contribution in [0, 0.1) is 0 Å². The third-order valence-electron chi connectivity index (χ3n) is 8.94. The molecular weight excluding hydrogens is 574 g/mol. The minimum absolute atomic E-state index is 1.06. The fourth-order valence-electron chi connectivity index (χ4n) is 6.74. The first-order chi connectivity index (χ1) is 23.3. The van der Waals surface area contributed by atoms with Crippen molar-refractivity contribution in [1.29, 1.82) is 0 Å². The first-order valence-electron chi connectivity index (χ1n) is 15.6. The van der Waals surface area contributed by atoms with Crippen LogP contribution in [0.5, 0.6) is 0 Å². The summed E-state index contributed by atoms with van der Waals surface area (Å²) in [5, 5.41) is 4.84. The van der Waals surface area contributed by atoms with Crippen LogP contribution < -0.4 is 0 Å². The largest absolute Gasteiger partial charge is 0.309 e. The molecule has 0 bridgehead atoms. The van der Waals surface area contributed by atoms with Gasteiger partial charge in [0, 0.05) is 88.3 Å². The maximum atomic E-state index is 4.69. The van der Waals surface area contributed by atoms with Gasteiger partial charge in [-0.3, -0.25) is 19.9 Å². The van der Waals surface area contributed by atoms with Gasteiger partial charge in [-0.05, 0) is 93.7 Å². The van der Waals surface area contributed by atoms with Gasteiger partial charge in [-0.2, -0.15) is 0 Å². The average molecular weight is 602 g/mol. The molecule has 0 unspecified atom stereocenters. The standard InChI is InChI=1S/C42H27N5/c1-2-6-35(7-3-1)47-40-22-30(33-20-31(24-45-26-33)28-12-16-43-17-13-28)10-11-38(40)42-37-9-5-4-8-36(37)39(23-41(42)47)34-21-32(25-46-27-34)29-14-18-44-19-15-29/h1-27H. The lowest BCUT2D eigenvalue weighted by Crippen LogP contribution is -1.94. The van der Waals surface area contributed by atoms with Gasteiger partial charge < -0.3 is 4.57 Å². The number of hydrogen-bond donors (Lipinski definition) is 0. The number of aromatic nitrogens is 5. The highest BCUT2D eigenvalue weighted by Gasteiger charge is 2.19. The quantitative estimate of drug-likeness (QED) is 0.197. The normalized spacial score (nSPS) is 11.4. The number of hydrogen-bond acceptors (Lipinski definition) is 4. The van der Waals surface area contributed by atoms with Crippen molar-refractivity contribution in [3.8, 4) is 50.2 Å². The van der Waals surface area contributed by atoms with Crippen LogP contribution in [-0.2, 0) is 0 Å². The van der Waals surface area contributed by atoms with E-state index in [1.54, 1.807) is 0 Å². The van der Waals surface area contributed by atoms with Crippen molar-refractivity contribution in [2.45, 2.75) is 0 Å². The summed E-state index contributed by atoms with van der Waals surface area (Å²) in [4.78, 5) is 17.7. The number of nitrogens with zero attached hydrogens (tertiary/aromatic N) is 5. The summed E-state index contributed by atoms with van der Waals surface area (Å²) in [6, 6.07) is 41.0. The monoisotopic (exact) mass is 601 g/mol. The fourth-order valence-corrected chi connectivity index (χ4v) is 6.74. The molecule has 9 rings (SSSR count). The maximum Gasteiger partial charge on any atom is 0.0553 e. The predicted octanol–water partition coefficient (Wildman–Crippen LogP) is 10.2. The summed E-state index contributed by atoms with van der Waals surface area (Å²) in [6.45, 7) is 0. The zero-order valence-electron chi connectivity index (χ0n) is 25.3. The summed E-state index contributed by atoms with van der Waals surface area (Å²) in [6.07, 6.45) is 15.0. The molecule has 0 N–H and O–H groups in total. The van der Waals surface area contributed by atoms with Crippen molar-refractivity contribution < 1.29 is 0 Å². The molecule has 220 valence electrons. The van der Waals surface area contributed by atoms with E-state index in [-0.39, 0.29) is 0 Å². The summed E-state index contributed by atoms with van der Waals surface area (Å²) < 4.78 is 2.39. The van der Waals surface area contributed by atoms with Gasteiger partial charge in [0.05, 0.1) is 11.0 Å². The first-order valence-corrected chi connectivity index (χ1v) is 15.6. The molecule has 9 aromatic rings. The zero-order chi connectivity index (χ0) is 31.2. The van der Waals surface area contributed by atoms with Crippen LogP contribution in [0.25, 0.3) is 82.8 Å². The van der Waals surface area contributed by atoms with Crippen LogP contribution in [0.4, 0.5) is 0 Å². The van der Waals surface area contributed by atoms with E-state index in [2.05, 4.69) is 115 Å². The first kappa shape index (κ1) is 26.9. The number of rotatable bonds is 5. The Bertz CT molecular complexity index is 2560. The maximum absolute atomic E-state index is 4.69. The van der Waals surface area contributed by atoms with E-state index in [4.69, 9.17) is 0 Å². The van der Waals surface area contributed by atoms with Crippen LogP contribution in [0.15, 0.2) is 165 Å². The van der Waals surface area contributed by atoms with Crippen molar-refractivity contribution >= 4 is 32.6 Å². The summed E-state index contributed by atoms with van der Waals surface area (Å²) >= 11 is 0. The van der Waals surface area contributed by atoms with Crippen LogP contribution in [0.1, 0.15) is 0 Å². The third-order valence-corrected chi connectivity index (χ3v) is 8.94. The number of benzene rings is 4. The Morgan fingerprint density at radius 1 is 0.362 bits per heavy atom. The fraction of sp³-hybridized carbons (Fsp3) is 0. The van der Waals surface area contributed by atoms with Crippen LogP contribution in [0.3, 0.4) is 0 Å². The van der Waals surface area contributed by atoms with Crippen molar-refractivity contribution in [2.75, 3.05) is 0 Å². The summed E-state index contributed by atoms with van der Waals surface area (Å²) in [7, 11) is 0. The molecule has 0 aliphatic heterocycles. The van der Waals surface area contributed by atoms with E-state index in [9.17, 15) is 0 Å². The molecule has 5 heterocycles. The Morgan fingerprint density at radius 2 is 0.936 bits per heavy atom. The van der Waals surface area contributed by atoms with Crippen LogP contribution in [-0.4, -0.2) is 24.5 Å². The van der Waals surface area contributed by atoms with Gasteiger partial charge in [0.1, 0.15) is 0 Å². The number of pyridine rings is 4. The van der Waals surface area contributed by atoms with Crippen molar-refractivity contribution in [3.05, 3.63) is 165 Å². The topological polar surface area (TPSA) is 56.5 Å². The molecule has 5 nitrogen and oxygen atoms in total. The molecule has 0 atom stereocenters. The van der Waals surface area contributed by atoms with E-state index in [1.165, 1.54) is 21.5 Å². The van der Waals surface area contributed by atoms with E-state index in [1.807, 2.05) is 73.8 Å². The molecule has 0 spiro atoms. The molecule has 5 aromatic heterocycles. The molecule has 47 heavy (non-hydrogen) atoms. The van der Waals surface area contributed by atoms with E-state index < -0.39 is 0 Å². The Morgan fingerprint density at radius 3 is 1.62 bits per heavy atom. The lowest BCUT2D eigenvalue weighted by atomic mass is 9.94. The number of fused-ring (bicyclic) bond motifs is 5. The Kier molecular flexibility index (Phi) is 6.39. The van der Waals surface area contributed by atoms with E-state index >= 15 is 0 Å². The van der Waals surface area contributed by atoms with Gasteiger partial charge in [-0.25, -0.2) is 0 Å². The van der Waals surface area contributed by atoms with Crippen molar-refractivity contribution in [1.82, 2.24) is 24.5 Å². The lowest BCUT2D eigenvalue weighted by Gasteiger charge is -2.13. The van der Waals surface area contributed by atoms with Gasteiger partial charge in [0.15, 0.2) is 0 Å². The van der Waals surface area contributed by atoms with Gasteiger partial charge in [0.25, 0.3) is 0 Å². The predicted molar refractivity (Wildman–Crippen MR) is 191 cm³/mol. The Labute approximate surface area is 271 Å². The van der Waals surface area contributed by atoms with Crippen LogP contribution in [0.2, 0.25) is 0 Å². The van der Waals surface area contributed by atoms with E-state index in [0.717, 1.165) is 61.2 Å². The molecule has 0 fully saturated rings. The third kappa shape index (κ3) is 4.64. The Balaban J connectivity index is 1.32. The summed E-state index contributed by atoms with van der Waals surface area (Å²) in [5.74, 6) is 0. The molecule has 4 aromatic carbocycles. The zero-order valence-corrected chi connectivity index (χ0v) is 25.3. The smallest absolute Gasteiger partial charge is 0.0553 e. The minimum atomic E-state index is 1.06. The van der Waals surface area contributed by atoms with Gasteiger partial charge in [-0.1, -0.05) is 54.6 Å². The highest BCUT2D eigenvalue weighted by molar-refractivity contribution is 6.24. The second kappa shape index (κ2) is 11.2. The minimum Gasteiger partial charge on any atom is -0.309 e. The SMILES string of the molecule is c1ccc(-n2c3cc(-c4cncc(-c5ccncc5)c4)ccc3c3c4ccccc4c(-c4cncc(-c5ccncc5)c4)cc32)cc1. The molecule has 0 amide bonds. The van der Waals surface area contributed by atoms with Gasteiger partial charge in [-0.15, -0.1) is 0 Å². The highest BCUT2D eigenvalue weighted by atomic mass is 15.0. The molecule has 0 saturated heterocycles. The molecule has 0 radical (unpaired) electrons. The van der Waals surface area contributed by atoms with Crippen LogP contribution >= 0.6 is 0 Å². The Hall–Kier alpha value is -6.46. The summed E-state index contributed by atoms with van der Waals surface area (Å²) in [5.41, 5.74) is 12.1. The molecule has 0 saturated carbocycles. The molecule has 0 aliphatic carbocycles. The highest BCUT2D eigenvalue weighted by Crippen LogP contribution is 2.42. The molecule has 5 heteroatoms. The van der Waals surface area contributed by atoms with Crippen molar-refractivity contribution in [3.63, 3.8) is 0 Å². The molecule has 0 aliphatic rings. The number of para-hydroxylation sites is 1. The molecular formula is C42H27N5. The second-order valence-electron chi connectivity index (χ2n) is 11.7. The van der Waals surface area contributed by atoms with Gasteiger partial charge in [0.2, 0.25) is 0 Å². The lowest BCUT2D eigenvalue weighted by molar-refractivity contribution is 1.18. The van der Waals surface area contributed by atoms with E-state index in [0.29, 0.717) is 0 Å². The second-order valence-corrected chi connectivity index (χ2v) is 11.7. The van der Waals surface area contributed by atoms with Gasteiger partial charge >= 0.3 is 0 Å².